The van der Waals surface area contributed by atoms with Crippen molar-refractivity contribution in [2.24, 2.45) is 4.99 Å². The first-order valence-corrected chi connectivity index (χ1v) is 3.92. The van der Waals surface area contributed by atoms with Crippen molar-refractivity contribution in [3.8, 4) is 0 Å². The molecule has 1 rings (SSSR count). The second kappa shape index (κ2) is 5.20. The number of amides is 1. The van der Waals surface area contributed by atoms with Crippen molar-refractivity contribution in [1.29, 1.82) is 0 Å². The van der Waals surface area contributed by atoms with Gasteiger partial charge in [0.2, 0.25) is 0 Å². The van der Waals surface area contributed by atoms with Gasteiger partial charge in [0, 0.05) is 0 Å². The first kappa shape index (κ1) is 13.2. The molecular formula is C9H11N3OW. The molecule has 0 unspecified atom stereocenters. The van der Waals surface area contributed by atoms with Gasteiger partial charge in [0.1, 0.15) is 0 Å². The molecule has 0 saturated heterocycles. The molecule has 0 spiro atoms. The maximum absolute atomic E-state index is 9.97. The van der Waals surface area contributed by atoms with Crippen LogP contribution in [-0.2, 0) is 31.3 Å². The van der Waals surface area contributed by atoms with Crippen molar-refractivity contribution >= 4 is 6.41 Å². The van der Waals surface area contributed by atoms with Crippen LogP contribution in [0.1, 0.15) is 26.5 Å². The molecule has 4 nitrogen and oxygen atoms in total. The summed E-state index contributed by atoms with van der Waals surface area (Å²) in [6, 6.07) is 2.89. The summed E-state index contributed by atoms with van der Waals surface area (Å²) in [5.41, 5.74) is 1.06. The van der Waals surface area contributed by atoms with Crippen LogP contribution in [0.5, 0.6) is 0 Å². The number of nitrogens with zero attached hydrogens (tertiary/aromatic N) is 2. The van der Waals surface area contributed by atoms with E-state index in [0.29, 0.717) is 0 Å². The Bertz CT molecular complexity index is 365. The van der Waals surface area contributed by atoms with Gasteiger partial charge >= 0.3 is 21.1 Å². The van der Waals surface area contributed by atoms with Crippen LogP contribution in [0.3, 0.4) is 0 Å². The van der Waals surface area contributed by atoms with Crippen molar-refractivity contribution in [1.82, 2.24) is 9.97 Å². The normalized spacial score (nSPS) is 12.1. The van der Waals surface area contributed by atoms with Gasteiger partial charge in [-0.05, 0) is 5.41 Å². The Hall–Kier alpha value is -0.762. The summed E-state index contributed by atoms with van der Waals surface area (Å²) >= 11 is 0. The fourth-order valence-electron chi connectivity index (χ4n) is 0.842. The number of rotatable bonds is 1. The first-order valence-electron chi connectivity index (χ1n) is 3.92. The summed E-state index contributed by atoms with van der Waals surface area (Å²) in [7, 11) is 0. The largest absolute Gasteiger partial charge is 2.00 e. The molecule has 0 aliphatic heterocycles. The molecule has 0 bridgehead atoms. The number of nitrogens with one attached hydrogen (secondary N) is 1. The minimum absolute atomic E-state index is 0. The molecule has 0 aliphatic rings. The second-order valence-electron chi connectivity index (χ2n) is 3.68. The molecule has 1 amide bonds. The van der Waals surface area contributed by atoms with Gasteiger partial charge in [-0.1, -0.05) is 20.8 Å². The van der Waals surface area contributed by atoms with Crippen molar-refractivity contribution in [2.75, 3.05) is 0 Å². The number of aromatic nitrogens is 2. The molecule has 0 aromatic carbocycles. The zero-order chi connectivity index (χ0) is 9.90. The number of hydrogen-bond acceptors (Lipinski definition) is 2. The van der Waals surface area contributed by atoms with Gasteiger partial charge in [-0.15, -0.1) is 0 Å². The van der Waals surface area contributed by atoms with Gasteiger partial charge in [-0.25, -0.2) is 0 Å². The van der Waals surface area contributed by atoms with Gasteiger partial charge < -0.3 is 25.8 Å². The van der Waals surface area contributed by atoms with Crippen molar-refractivity contribution in [3.63, 3.8) is 0 Å². The average Bonchev–Trinajstić information content (AvgIpc) is 2.04. The summed E-state index contributed by atoms with van der Waals surface area (Å²) in [6.07, 6.45) is 2.92. The van der Waals surface area contributed by atoms with Crippen molar-refractivity contribution < 1.29 is 25.9 Å². The van der Waals surface area contributed by atoms with Crippen molar-refractivity contribution in [3.05, 3.63) is 23.6 Å². The van der Waals surface area contributed by atoms with Crippen LogP contribution in [0, 0.1) is 6.07 Å². The Morgan fingerprint density at radius 1 is 1.57 bits per heavy atom. The van der Waals surface area contributed by atoms with E-state index in [1.165, 1.54) is 12.7 Å². The van der Waals surface area contributed by atoms with Crippen LogP contribution < -0.4 is 5.49 Å². The predicted octanol–water partition coefficient (Wildman–Crippen LogP) is 0.473. The van der Waals surface area contributed by atoms with Crippen LogP contribution in [0.4, 0.5) is 0 Å². The zero-order valence-corrected chi connectivity index (χ0v) is 11.2. The zero-order valence-electron chi connectivity index (χ0n) is 8.29. The summed E-state index contributed by atoms with van der Waals surface area (Å²) in [5.74, 6) is 0. The molecule has 5 heteroatoms. The van der Waals surface area contributed by atoms with Gasteiger partial charge in [-0.2, -0.15) is 11.2 Å². The monoisotopic (exact) mass is 361 g/mol. The van der Waals surface area contributed by atoms with E-state index in [2.05, 4.69) is 21.0 Å². The average molecular weight is 361 g/mol. The molecule has 1 aromatic heterocycles. The fourth-order valence-corrected chi connectivity index (χ4v) is 0.842. The van der Waals surface area contributed by atoms with Crippen LogP contribution in [0.2, 0.25) is 0 Å². The molecule has 0 atom stereocenters. The fraction of sp³-hybridized carbons (Fsp3) is 0.444. The SMILES string of the molecule is CC(C)(C)c1[c-]c(=N[C-]=O)nc[nH]1.[W+2]. The summed E-state index contributed by atoms with van der Waals surface area (Å²) in [5, 5.41) is 0. The van der Waals surface area contributed by atoms with Gasteiger partial charge in [0.25, 0.3) is 0 Å². The van der Waals surface area contributed by atoms with Crippen molar-refractivity contribution in [2.45, 2.75) is 26.2 Å². The molecule has 0 saturated carbocycles. The Morgan fingerprint density at radius 2 is 2.21 bits per heavy atom. The van der Waals surface area contributed by atoms with E-state index in [0.717, 1.165) is 5.69 Å². The molecule has 14 heavy (non-hydrogen) atoms. The molecule has 0 fully saturated rings. The topological polar surface area (TPSA) is 58.1 Å². The van der Waals surface area contributed by atoms with Crippen LogP contribution in [0.25, 0.3) is 0 Å². The molecule has 1 N–H and O–H groups in total. The van der Waals surface area contributed by atoms with Gasteiger partial charge in [0.15, 0.2) is 0 Å². The quantitative estimate of drug-likeness (QED) is 0.740. The van der Waals surface area contributed by atoms with Crippen LogP contribution >= 0.6 is 0 Å². The summed E-state index contributed by atoms with van der Waals surface area (Å²) < 4.78 is 0. The number of hydrogen-bond donors (Lipinski definition) is 1. The third-order valence-corrected chi connectivity index (χ3v) is 1.53. The predicted molar refractivity (Wildman–Crippen MR) is 47.4 cm³/mol. The van der Waals surface area contributed by atoms with Gasteiger partial charge in [0.05, 0.1) is 12.7 Å². The van der Waals surface area contributed by atoms with E-state index in [9.17, 15) is 4.79 Å². The minimum atomic E-state index is -0.0594. The van der Waals surface area contributed by atoms with E-state index >= 15 is 0 Å². The van der Waals surface area contributed by atoms with Gasteiger partial charge in [-0.3, -0.25) is 0 Å². The minimum Gasteiger partial charge on any atom is -0.512 e. The van der Waals surface area contributed by atoms with E-state index < -0.39 is 0 Å². The molecule has 74 valence electrons. The van der Waals surface area contributed by atoms with E-state index in [1.807, 2.05) is 20.8 Å². The maximum Gasteiger partial charge on any atom is 2.00 e. The number of carbonyl (C=O) groups excluding carboxylic acids is 1. The smallest absolute Gasteiger partial charge is 0.512 e. The Morgan fingerprint density at radius 3 is 2.71 bits per heavy atom. The van der Waals surface area contributed by atoms with Crippen LogP contribution in [-0.4, -0.2) is 16.4 Å². The molecule has 1 aromatic rings. The Balaban J connectivity index is 0.00000169. The Kier molecular flexibility index (Phi) is 4.92. The third-order valence-electron chi connectivity index (χ3n) is 1.53. The molecule has 0 aliphatic carbocycles. The summed E-state index contributed by atoms with van der Waals surface area (Å²) in [6.45, 7) is 6.09. The maximum atomic E-state index is 9.97. The first-order chi connectivity index (χ1) is 6.04. The summed E-state index contributed by atoms with van der Waals surface area (Å²) in [4.78, 5) is 20.1. The number of aromatic amines is 1. The van der Waals surface area contributed by atoms with E-state index in [4.69, 9.17) is 0 Å². The number of H-pyrrole nitrogens is 1. The van der Waals surface area contributed by atoms with E-state index in [1.54, 1.807) is 0 Å². The molecular weight excluding hydrogens is 350 g/mol. The second-order valence-corrected chi connectivity index (χ2v) is 3.68. The van der Waals surface area contributed by atoms with E-state index in [-0.39, 0.29) is 32.0 Å². The molecule has 0 radical (unpaired) electrons. The Labute approximate surface area is 97.1 Å². The standard InChI is InChI=1S/C9H11N3O.W/c1-9(2,3)7-4-8(12-6-13)11-5-10-7;/h5H,1-3H3,(H,10,11,12,13);/q-2;+2. The van der Waals surface area contributed by atoms with Crippen LogP contribution in [0.15, 0.2) is 11.3 Å². The third kappa shape index (κ3) is 3.54. The molecule has 1 heterocycles.